The smallest absolute Gasteiger partial charge is 0.481 e. The molecule has 3 N–H and O–H groups in total. The second-order valence-corrected chi connectivity index (χ2v) is 6.55. The number of aliphatic carboxylic acids is 1. The second kappa shape index (κ2) is 11.3. The lowest BCUT2D eigenvalue weighted by Crippen LogP contribution is -2.42. The van der Waals surface area contributed by atoms with Crippen molar-refractivity contribution in [2.75, 3.05) is 27.9 Å². The van der Waals surface area contributed by atoms with Crippen molar-refractivity contribution in [2.24, 2.45) is 5.73 Å². The van der Waals surface area contributed by atoms with Gasteiger partial charge in [0, 0.05) is 27.4 Å². The van der Waals surface area contributed by atoms with Crippen LogP contribution in [-0.2, 0) is 22.9 Å². The van der Waals surface area contributed by atoms with Crippen LogP contribution in [0.2, 0.25) is 6.04 Å². The molecule has 0 aromatic carbocycles. The molecule has 0 atom stereocenters. The summed E-state index contributed by atoms with van der Waals surface area (Å²) in [4.78, 5) is 19.5. The van der Waals surface area contributed by atoms with Gasteiger partial charge in [0.25, 0.3) is 0 Å². The van der Waals surface area contributed by atoms with E-state index in [9.17, 15) is 9.59 Å². The second-order valence-electron chi connectivity index (χ2n) is 3.46. The zero-order valence-corrected chi connectivity index (χ0v) is 12.4. The van der Waals surface area contributed by atoms with Crippen LogP contribution >= 0.6 is 0 Å². The molecule has 0 aliphatic carbocycles. The number of Topliss-reactive ketones (excluding diaryl/α,β-unsaturated/α-hetero) is 1. The largest absolute Gasteiger partial charge is 0.500 e. The Balaban J connectivity index is 0. The predicted molar refractivity (Wildman–Crippen MR) is 68.2 cm³/mol. The first-order chi connectivity index (χ1) is 8.37. The number of carboxylic acid groups (broad SMARTS) is 1. The summed E-state index contributed by atoms with van der Waals surface area (Å²) in [5.74, 6) is -1.37. The zero-order chi connectivity index (χ0) is 14.6. The summed E-state index contributed by atoms with van der Waals surface area (Å²) >= 11 is 0. The molecule has 0 heterocycles. The lowest BCUT2D eigenvalue weighted by atomic mass is 10.3. The molecule has 0 aromatic rings. The molecule has 0 aliphatic heterocycles. The van der Waals surface area contributed by atoms with Gasteiger partial charge in [-0.15, -0.1) is 0 Å². The molecule has 0 spiro atoms. The third-order valence-electron chi connectivity index (χ3n) is 2.02. The predicted octanol–water partition coefficient (Wildman–Crippen LogP) is 0.263. The summed E-state index contributed by atoms with van der Waals surface area (Å²) in [6.07, 6.45) is 0.516. The molecule has 7 nitrogen and oxygen atoms in total. The minimum absolute atomic E-state index is 0.312. The average Bonchev–Trinajstić information content (AvgIpc) is 2.31. The molecule has 0 bridgehead atoms. The van der Waals surface area contributed by atoms with Gasteiger partial charge in [-0.05, 0) is 19.9 Å². The Labute approximate surface area is 109 Å². The van der Waals surface area contributed by atoms with Crippen molar-refractivity contribution in [3.8, 4) is 0 Å². The van der Waals surface area contributed by atoms with E-state index in [2.05, 4.69) is 0 Å². The van der Waals surface area contributed by atoms with Gasteiger partial charge in [-0.25, -0.2) is 0 Å². The third-order valence-corrected chi connectivity index (χ3v) is 4.85. The molecule has 18 heavy (non-hydrogen) atoms. The summed E-state index contributed by atoms with van der Waals surface area (Å²) in [7, 11) is 2.50. The molecule has 0 saturated carbocycles. The minimum Gasteiger partial charge on any atom is -0.481 e. The molecule has 0 fully saturated rings. The highest BCUT2D eigenvalue weighted by molar-refractivity contribution is 6.60. The molecule has 0 saturated heterocycles. The van der Waals surface area contributed by atoms with Crippen molar-refractivity contribution in [1.82, 2.24) is 0 Å². The molecule has 0 radical (unpaired) electrons. The fourth-order valence-corrected chi connectivity index (χ4v) is 2.84. The first-order valence-electron chi connectivity index (χ1n) is 5.44. The van der Waals surface area contributed by atoms with Gasteiger partial charge in [-0.3, -0.25) is 9.59 Å². The molecule has 0 aliphatic rings. The fourth-order valence-electron chi connectivity index (χ4n) is 1.09. The van der Waals surface area contributed by atoms with Crippen molar-refractivity contribution in [1.29, 1.82) is 0 Å². The lowest BCUT2D eigenvalue weighted by Gasteiger charge is -2.23. The topological polar surface area (TPSA) is 108 Å². The number of rotatable bonds is 8. The number of carboxylic acids is 1. The van der Waals surface area contributed by atoms with E-state index in [1.165, 1.54) is 6.92 Å². The molecule has 8 heteroatoms. The van der Waals surface area contributed by atoms with Crippen LogP contribution in [0.1, 0.15) is 19.8 Å². The molecule has 0 aromatic heterocycles. The summed E-state index contributed by atoms with van der Waals surface area (Å²) < 4.78 is 15.5. The number of carbonyl (C=O) groups is 2. The molecular formula is C10H23NO6Si. The number of hydrogen-bond acceptors (Lipinski definition) is 6. The highest BCUT2D eigenvalue weighted by Gasteiger charge is 2.36. The Morgan fingerprint density at radius 3 is 1.78 bits per heavy atom. The molecule has 108 valence electrons. The van der Waals surface area contributed by atoms with Crippen LogP contribution in [0, 0.1) is 0 Å². The van der Waals surface area contributed by atoms with E-state index in [0.29, 0.717) is 6.54 Å². The van der Waals surface area contributed by atoms with E-state index >= 15 is 0 Å². The van der Waals surface area contributed by atoms with Gasteiger partial charge < -0.3 is 24.1 Å². The first-order valence-corrected chi connectivity index (χ1v) is 7.37. The van der Waals surface area contributed by atoms with Crippen molar-refractivity contribution in [3.05, 3.63) is 0 Å². The third kappa shape index (κ3) is 10.4. The normalized spacial score (nSPS) is 10.5. The van der Waals surface area contributed by atoms with Gasteiger partial charge in [-0.1, -0.05) is 0 Å². The minimum atomic E-state index is -2.32. The van der Waals surface area contributed by atoms with E-state index < -0.39 is 14.8 Å². The standard InChI is InChI=1S/C6H17NO3Si.C4H6O3/c1-8-11(9-2,10-3)6-4-5-7;1-3(5)2-4(6)7/h4-7H2,1-3H3;2H2,1H3,(H,6,7). The monoisotopic (exact) mass is 281 g/mol. The Morgan fingerprint density at radius 2 is 1.61 bits per heavy atom. The molecule has 0 rings (SSSR count). The quantitative estimate of drug-likeness (QED) is 0.485. The summed E-state index contributed by atoms with van der Waals surface area (Å²) in [5.41, 5.74) is 5.36. The highest BCUT2D eigenvalue weighted by Crippen LogP contribution is 2.13. The summed E-state index contributed by atoms with van der Waals surface area (Å²) in [6, 6.07) is 0.785. The lowest BCUT2D eigenvalue weighted by molar-refractivity contribution is -0.139. The van der Waals surface area contributed by atoms with E-state index in [1.54, 1.807) is 21.3 Å². The molecule has 0 unspecified atom stereocenters. The number of ketones is 1. The van der Waals surface area contributed by atoms with Crippen molar-refractivity contribution >= 4 is 20.6 Å². The van der Waals surface area contributed by atoms with Gasteiger partial charge in [0.05, 0.1) is 0 Å². The first kappa shape index (κ1) is 19.5. The Hall–Kier alpha value is -0.803. The zero-order valence-electron chi connectivity index (χ0n) is 11.4. The summed E-state index contributed by atoms with van der Waals surface area (Å²) in [6.45, 7) is 1.89. The highest BCUT2D eigenvalue weighted by atomic mass is 28.4. The van der Waals surface area contributed by atoms with Crippen LogP contribution < -0.4 is 5.73 Å². The van der Waals surface area contributed by atoms with E-state index in [4.69, 9.17) is 24.1 Å². The number of carbonyl (C=O) groups excluding carboxylic acids is 1. The van der Waals surface area contributed by atoms with E-state index in [1.807, 2.05) is 0 Å². The van der Waals surface area contributed by atoms with Crippen LogP contribution in [0.5, 0.6) is 0 Å². The Kier molecular flexibility index (Phi) is 12.3. The maximum Gasteiger partial charge on any atom is 0.500 e. The SMILES string of the molecule is CC(=O)CC(=O)O.CO[Si](CCCN)(OC)OC. The van der Waals surface area contributed by atoms with Gasteiger partial charge >= 0.3 is 14.8 Å². The fraction of sp³-hybridized carbons (Fsp3) is 0.800. The van der Waals surface area contributed by atoms with Crippen LogP contribution in [0.3, 0.4) is 0 Å². The van der Waals surface area contributed by atoms with Crippen LogP contribution in [0.15, 0.2) is 0 Å². The molecule has 0 amide bonds. The Morgan fingerprint density at radius 1 is 1.17 bits per heavy atom. The van der Waals surface area contributed by atoms with Gasteiger partial charge in [0.15, 0.2) is 0 Å². The molecular weight excluding hydrogens is 258 g/mol. The van der Waals surface area contributed by atoms with Crippen molar-refractivity contribution in [2.45, 2.75) is 25.8 Å². The van der Waals surface area contributed by atoms with Crippen LogP contribution in [0.25, 0.3) is 0 Å². The van der Waals surface area contributed by atoms with Crippen LogP contribution in [-0.4, -0.2) is 53.5 Å². The van der Waals surface area contributed by atoms with Gasteiger partial charge in [0.1, 0.15) is 12.2 Å². The number of hydrogen-bond donors (Lipinski definition) is 2. The van der Waals surface area contributed by atoms with Gasteiger partial charge in [0.2, 0.25) is 0 Å². The maximum atomic E-state index is 9.87. The van der Waals surface area contributed by atoms with E-state index in [-0.39, 0.29) is 12.2 Å². The van der Waals surface area contributed by atoms with Gasteiger partial charge in [-0.2, -0.15) is 0 Å². The number of nitrogens with two attached hydrogens (primary N) is 1. The van der Waals surface area contributed by atoms with Crippen LogP contribution in [0.4, 0.5) is 0 Å². The Bertz CT molecular complexity index is 224. The summed E-state index contributed by atoms with van der Waals surface area (Å²) in [5, 5.41) is 7.86. The van der Waals surface area contributed by atoms with Crippen molar-refractivity contribution < 1.29 is 28.0 Å². The van der Waals surface area contributed by atoms with E-state index in [0.717, 1.165) is 12.5 Å². The maximum absolute atomic E-state index is 9.87. The average molecular weight is 281 g/mol. The van der Waals surface area contributed by atoms with Crippen molar-refractivity contribution in [3.63, 3.8) is 0 Å².